The van der Waals surface area contributed by atoms with Gasteiger partial charge in [0, 0.05) is 10.9 Å². The number of nitrogen functional groups attached to an aromatic ring is 1. The van der Waals surface area contributed by atoms with Crippen LogP contribution in [0.5, 0.6) is 0 Å². The molecule has 0 atom stereocenters. The molecule has 0 aliphatic heterocycles. The van der Waals surface area contributed by atoms with Gasteiger partial charge in [0.15, 0.2) is 5.65 Å². The zero-order valence-corrected chi connectivity index (χ0v) is 12.7. The first-order chi connectivity index (χ1) is 11.8. The average Bonchev–Trinajstić information content (AvgIpc) is 3.00. The Hall–Kier alpha value is -3.65. The van der Waals surface area contributed by atoms with E-state index in [4.69, 9.17) is 10.8 Å². The summed E-state index contributed by atoms with van der Waals surface area (Å²) in [5.74, 6) is 0.210. The number of nitriles is 1. The SMILES string of the molecule is N#Cc1cc2c(-c3ccccc3)nn(-c3ccccc3)c2nc1N. The number of hydrogen-bond donors (Lipinski definition) is 1. The second-order valence-corrected chi connectivity index (χ2v) is 5.37. The Bertz CT molecular complexity index is 1060. The Morgan fingerprint density at radius 2 is 1.62 bits per heavy atom. The van der Waals surface area contributed by atoms with Crippen molar-refractivity contribution in [2.24, 2.45) is 0 Å². The summed E-state index contributed by atoms with van der Waals surface area (Å²) in [6.07, 6.45) is 0. The molecule has 0 fully saturated rings. The molecule has 2 N–H and O–H groups in total. The molecule has 0 radical (unpaired) electrons. The highest BCUT2D eigenvalue weighted by molar-refractivity contribution is 5.94. The van der Waals surface area contributed by atoms with Gasteiger partial charge in [-0.15, -0.1) is 0 Å². The maximum absolute atomic E-state index is 9.27. The van der Waals surface area contributed by atoms with Gasteiger partial charge in [0.05, 0.1) is 11.3 Å². The lowest BCUT2D eigenvalue weighted by molar-refractivity contribution is 0.902. The summed E-state index contributed by atoms with van der Waals surface area (Å²) in [6, 6.07) is 23.4. The van der Waals surface area contributed by atoms with Gasteiger partial charge in [0.2, 0.25) is 0 Å². The molecule has 2 aromatic carbocycles. The molecular formula is C19H13N5. The van der Waals surface area contributed by atoms with Crippen LogP contribution in [0, 0.1) is 11.3 Å². The van der Waals surface area contributed by atoms with E-state index in [0.29, 0.717) is 11.2 Å². The Morgan fingerprint density at radius 3 is 2.29 bits per heavy atom. The summed E-state index contributed by atoms with van der Waals surface area (Å²) in [4.78, 5) is 4.42. The molecule has 0 bridgehead atoms. The van der Waals surface area contributed by atoms with Gasteiger partial charge in [-0.1, -0.05) is 48.5 Å². The second-order valence-electron chi connectivity index (χ2n) is 5.37. The zero-order chi connectivity index (χ0) is 16.5. The van der Waals surface area contributed by atoms with Crippen molar-refractivity contribution in [1.29, 1.82) is 5.26 Å². The van der Waals surface area contributed by atoms with E-state index in [9.17, 15) is 5.26 Å². The number of para-hydroxylation sites is 1. The number of nitrogens with two attached hydrogens (primary N) is 1. The Labute approximate surface area is 138 Å². The molecule has 114 valence electrons. The fourth-order valence-corrected chi connectivity index (χ4v) is 2.70. The van der Waals surface area contributed by atoms with Gasteiger partial charge in [0.1, 0.15) is 17.6 Å². The molecule has 4 rings (SSSR count). The van der Waals surface area contributed by atoms with Gasteiger partial charge < -0.3 is 5.73 Å². The number of hydrogen-bond acceptors (Lipinski definition) is 4. The maximum atomic E-state index is 9.27. The Balaban J connectivity index is 2.08. The molecule has 2 heterocycles. The number of aromatic nitrogens is 3. The van der Waals surface area contributed by atoms with E-state index in [1.54, 1.807) is 10.7 Å². The summed E-state index contributed by atoms with van der Waals surface area (Å²) in [7, 11) is 0. The van der Waals surface area contributed by atoms with Gasteiger partial charge in [-0.25, -0.2) is 9.67 Å². The van der Waals surface area contributed by atoms with Crippen LogP contribution in [-0.4, -0.2) is 14.8 Å². The van der Waals surface area contributed by atoms with Gasteiger partial charge in [-0.2, -0.15) is 10.4 Å². The summed E-state index contributed by atoms with van der Waals surface area (Å²) >= 11 is 0. The molecule has 0 saturated carbocycles. The lowest BCUT2D eigenvalue weighted by Crippen LogP contribution is -2.00. The van der Waals surface area contributed by atoms with Crippen molar-refractivity contribution in [1.82, 2.24) is 14.8 Å². The summed E-state index contributed by atoms with van der Waals surface area (Å²) in [5, 5.41) is 14.8. The van der Waals surface area contributed by atoms with Crippen molar-refractivity contribution >= 4 is 16.9 Å². The Kier molecular flexibility index (Phi) is 3.22. The largest absolute Gasteiger partial charge is 0.383 e. The van der Waals surface area contributed by atoms with Crippen LogP contribution in [0.3, 0.4) is 0 Å². The number of pyridine rings is 1. The van der Waals surface area contributed by atoms with Gasteiger partial charge in [0.25, 0.3) is 0 Å². The monoisotopic (exact) mass is 311 g/mol. The van der Waals surface area contributed by atoms with E-state index in [1.807, 2.05) is 60.7 Å². The fraction of sp³-hybridized carbons (Fsp3) is 0. The average molecular weight is 311 g/mol. The lowest BCUT2D eigenvalue weighted by Gasteiger charge is -2.03. The standard InChI is InChI=1S/C19H13N5/c20-12-14-11-16-17(13-7-3-1-4-8-13)23-24(19(16)22-18(14)21)15-9-5-2-6-10-15/h1-11H,(H2,21,22). The molecule has 0 unspecified atom stereocenters. The Morgan fingerprint density at radius 1 is 0.958 bits per heavy atom. The van der Waals surface area contributed by atoms with Crippen LogP contribution < -0.4 is 5.73 Å². The number of nitrogens with zero attached hydrogens (tertiary/aromatic N) is 4. The van der Waals surface area contributed by atoms with Crippen molar-refractivity contribution in [2.75, 3.05) is 5.73 Å². The van der Waals surface area contributed by atoms with E-state index >= 15 is 0 Å². The minimum absolute atomic E-state index is 0.210. The first kappa shape index (κ1) is 14.0. The highest BCUT2D eigenvalue weighted by atomic mass is 15.3. The molecule has 0 amide bonds. The van der Waals surface area contributed by atoms with Crippen LogP contribution in [0.4, 0.5) is 5.82 Å². The highest BCUT2D eigenvalue weighted by Gasteiger charge is 2.17. The first-order valence-corrected chi connectivity index (χ1v) is 7.48. The van der Waals surface area contributed by atoms with Crippen molar-refractivity contribution in [3.05, 3.63) is 72.3 Å². The summed E-state index contributed by atoms with van der Waals surface area (Å²) in [5.41, 5.74) is 9.54. The van der Waals surface area contributed by atoms with Gasteiger partial charge in [-0.05, 0) is 18.2 Å². The minimum atomic E-state index is 0.210. The van der Waals surface area contributed by atoms with Crippen molar-refractivity contribution in [3.63, 3.8) is 0 Å². The fourth-order valence-electron chi connectivity index (χ4n) is 2.70. The zero-order valence-electron chi connectivity index (χ0n) is 12.7. The summed E-state index contributed by atoms with van der Waals surface area (Å²) in [6.45, 7) is 0. The lowest BCUT2D eigenvalue weighted by atomic mass is 10.1. The molecule has 0 spiro atoms. The molecule has 0 saturated heterocycles. The van der Waals surface area contributed by atoms with E-state index in [2.05, 4.69) is 11.1 Å². The molecule has 24 heavy (non-hydrogen) atoms. The van der Waals surface area contributed by atoms with Crippen LogP contribution in [0.2, 0.25) is 0 Å². The van der Waals surface area contributed by atoms with E-state index in [1.165, 1.54) is 0 Å². The topological polar surface area (TPSA) is 80.5 Å². The van der Waals surface area contributed by atoms with Crippen LogP contribution in [-0.2, 0) is 0 Å². The highest BCUT2D eigenvalue weighted by Crippen LogP contribution is 2.30. The molecule has 2 aromatic heterocycles. The van der Waals surface area contributed by atoms with Gasteiger partial charge >= 0.3 is 0 Å². The van der Waals surface area contributed by atoms with Crippen LogP contribution in [0.1, 0.15) is 5.56 Å². The second kappa shape index (κ2) is 5.52. The van der Waals surface area contributed by atoms with E-state index in [-0.39, 0.29) is 5.82 Å². The smallest absolute Gasteiger partial charge is 0.165 e. The predicted octanol–water partition coefficient (Wildman–Crippen LogP) is 3.54. The number of fused-ring (bicyclic) bond motifs is 1. The molecule has 5 heteroatoms. The third-order valence-electron chi connectivity index (χ3n) is 3.86. The van der Waals surface area contributed by atoms with Crippen LogP contribution in [0.15, 0.2) is 66.7 Å². The van der Waals surface area contributed by atoms with Crippen LogP contribution in [0.25, 0.3) is 28.0 Å². The van der Waals surface area contributed by atoms with E-state index in [0.717, 1.165) is 22.3 Å². The number of anilines is 1. The molecule has 0 aliphatic rings. The molecular weight excluding hydrogens is 298 g/mol. The number of benzene rings is 2. The normalized spacial score (nSPS) is 10.6. The first-order valence-electron chi connectivity index (χ1n) is 7.48. The van der Waals surface area contributed by atoms with Gasteiger partial charge in [-0.3, -0.25) is 0 Å². The van der Waals surface area contributed by atoms with Crippen LogP contribution >= 0.6 is 0 Å². The minimum Gasteiger partial charge on any atom is -0.383 e. The molecule has 5 nitrogen and oxygen atoms in total. The van der Waals surface area contributed by atoms with E-state index < -0.39 is 0 Å². The van der Waals surface area contributed by atoms with Crippen molar-refractivity contribution < 1.29 is 0 Å². The van der Waals surface area contributed by atoms with Crippen molar-refractivity contribution in [2.45, 2.75) is 0 Å². The molecule has 4 aromatic rings. The van der Waals surface area contributed by atoms with Crippen molar-refractivity contribution in [3.8, 4) is 23.0 Å². The summed E-state index contributed by atoms with van der Waals surface area (Å²) < 4.78 is 1.76. The predicted molar refractivity (Wildman–Crippen MR) is 93.4 cm³/mol. The third-order valence-corrected chi connectivity index (χ3v) is 3.86. The molecule has 0 aliphatic carbocycles. The quantitative estimate of drug-likeness (QED) is 0.614. The number of rotatable bonds is 2. The third kappa shape index (κ3) is 2.18. The maximum Gasteiger partial charge on any atom is 0.165 e.